The molecule has 0 aromatic heterocycles. The number of ether oxygens (including phenoxy) is 3. The van der Waals surface area contributed by atoms with Crippen LogP contribution in [0.2, 0.25) is 0 Å². The molecule has 0 saturated carbocycles. The molecule has 126 valence electrons. The Morgan fingerprint density at radius 3 is 2.61 bits per heavy atom. The highest BCUT2D eigenvalue weighted by atomic mass is 32.2. The van der Waals surface area contributed by atoms with E-state index < -0.39 is 0 Å². The van der Waals surface area contributed by atoms with Gasteiger partial charge in [-0.25, -0.2) is 4.99 Å². The van der Waals surface area contributed by atoms with Crippen LogP contribution in [0.3, 0.4) is 0 Å². The Morgan fingerprint density at radius 2 is 2.00 bits per heavy atom. The normalized spacial score (nSPS) is 18.7. The van der Waals surface area contributed by atoms with Gasteiger partial charge in [-0.05, 0) is 30.5 Å². The first kappa shape index (κ1) is 17.8. The van der Waals surface area contributed by atoms with E-state index in [1.807, 2.05) is 31.2 Å². The fraction of sp³-hybridized carbons (Fsp3) is 0.529. The fourth-order valence-corrected chi connectivity index (χ4v) is 2.82. The molecule has 6 heteroatoms. The third-order valence-corrected chi connectivity index (χ3v) is 4.25. The number of esters is 1. The molecule has 1 aliphatic rings. The predicted octanol–water partition coefficient (Wildman–Crippen LogP) is 3.44. The van der Waals surface area contributed by atoms with Crippen LogP contribution in [0.15, 0.2) is 29.3 Å². The molecular weight excluding hydrogens is 314 g/mol. The number of aliphatic imine (C=N–C) groups is 1. The van der Waals surface area contributed by atoms with Gasteiger partial charge in [-0.15, -0.1) is 0 Å². The monoisotopic (exact) mass is 337 g/mol. The van der Waals surface area contributed by atoms with Crippen LogP contribution in [0.25, 0.3) is 0 Å². The van der Waals surface area contributed by atoms with Gasteiger partial charge in [0.15, 0.2) is 6.23 Å². The predicted molar refractivity (Wildman–Crippen MR) is 92.0 cm³/mol. The van der Waals surface area contributed by atoms with Crippen LogP contribution in [0.4, 0.5) is 0 Å². The van der Waals surface area contributed by atoms with E-state index >= 15 is 0 Å². The van der Waals surface area contributed by atoms with Crippen molar-refractivity contribution in [3.8, 4) is 5.75 Å². The average molecular weight is 337 g/mol. The van der Waals surface area contributed by atoms with Crippen LogP contribution in [0.1, 0.15) is 32.3 Å². The van der Waals surface area contributed by atoms with Gasteiger partial charge < -0.3 is 14.2 Å². The molecule has 0 aliphatic carbocycles. The standard InChI is InChI=1S/C17H23NO4S/c1-11(2)9-21-15-10-23-17(18-15)22-14-7-5-13(6-8-14)12(3)16(19)20-4/h5-8,11-12,15H,9-10H2,1-4H3. The largest absolute Gasteiger partial charge is 0.469 e. The molecular formula is C17H23NO4S. The van der Waals surface area contributed by atoms with Crippen molar-refractivity contribution in [3.63, 3.8) is 0 Å². The third-order valence-electron chi connectivity index (χ3n) is 3.36. The van der Waals surface area contributed by atoms with Crippen LogP contribution in [-0.4, -0.2) is 36.9 Å². The zero-order valence-corrected chi connectivity index (χ0v) is 14.8. The van der Waals surface area contributed by atoms with Crippen molar-refractivity contribution in [1.82, 2.24) is 0 Å². The van der Waals surface area contributed by atoms with Crippen LogP contribution >= 0.6 is 11.8 Å². The third kappa shape index (κ3) is 5.25. The molecule has 1 aromatic rings. The molecule has 1 aliphatic heterocycles. The zero-order valence-electron chi connectivity index (χ0n) is 13.9. The second-order valence-corrected chi connectivity index (χ2v) is 6.78. The van der Waals surface area contributed by atoms with E-state index in [0.29, 0.717) is 23.5 Å². The molecule has 5 nitrogen and oxygen atoms in total. The number of nitrogens with zero attached hydrogens (tertiary/aromatic N) is 1. The van der Waals surface area contributed by atoms with E-state index in [9.17, 15) is 4.79 Å². The molecule has 2 unspecified atom stereocenters. The first-order valence-corrected chi connectivity index (χ1v) is 8.66. The van der Waals surface area contributed by atoms with Gasteiger partial charge >= 0.3 is 5.97 Å². The number of methoxy groups -OCH3 is 1. The number of hydrogen-bond donors (Lipinski definition) is 0. The molecule has 0 N–H and O–H groups in total. The molecule has 0 amide bonds. The maximum Gasteiger partial charge on any atom is 0.312 e. The van der Waals surface area contributed by atoms with E-state index in [1.165, 1.54) is 7.11 Å². The summed E-state index contributed by atoms with van der Waals surface area (Å²) in [5.74, 6) is 1.42. The summed E-state index contributed by atoms with van der Waals surface area (Å²) in [4.78, 5) is 15.9. The van der Waals surface area contributed by atoms with Crippen molar-refractivity contribution in [3.05, 3.63) is 29.8 Å². The number of carbonyl (C=O) groups excluding carboxylic acids is 1. The molecule has 0 bridgehead atoms. The van der Waals surface area contributed by atoms with Crippen molar-refractivity contribution in [2.75, 3.05) is 19.5 Å². The number of benzene rings is 1. The minimum Gasteiger partial charge on any atom is -0.469 e. The van der Waals surface area contributed by atoms with Gasteiger partial charge in [-0.3, -0.25) is 4.79 Å². The summed E-state index contributed by atoms with van der Waals surface area (Å²) in [7, 11) is 1.39. The second-order valence-electron chi connectivity index (χ2n) is 5.80. The average Bonchev–Trinajstić information content (AvgIpc) is 2.99. The number of carbonyl (C=O) groups is 1. The molecule has 0 fully saturated rings. The molecule has 1 aromatic carbocycles. The minimum atomic E-state index is -0.291. The first-order valence-electron chi connectivity index (χ1n) is 7.67. The van der Waals surface area contributed by atoms with Crippen LogP contribution in [-0.2, 0) is 14.3 Å². The molecule has 2 atom stereocenters. The SMILES string of the molecule is COC(=O)C(C)c1ccc(OC2=NC(OCC(C)C)CS2)cc1. The van der Waals surface area contributed by atoms with Crippen molar-refractivity contribution < 1.29 is 19.0 Å². The van der Waals surface area contributed by atoms with Crippen LogP contribution < -0.4 is 4.74 Å². The van der Waals surface area contributed by atoms with E-state index in [1.54, 1.807) is 11.8 Å². The van der Waals surface area contributed by atoms with Crippen molar-refractivity contribution in [1.29, 1.82) is 0 Å². The second kappa shape index (κ2) is 8.36. The first-order chi connectivity index (χ1) is 11.0. The van der Waals surface area contributed by atoms with Crippen LogP contribution in [0, 0.1) is 5.92 Å². The Bertz CT molecular complexity index is 556. The Morgan fingerprint density at radius 1 is 1.30 bits per heavy atom. The van der Waals surface area contributed by atoms with Gasteiger partial charge in [0, 0.05) is 5.75 Å². The van der Waals surface area contributed by atoms with Gasteiger partial charge in [0.1, 0.15) is 5.75 Å². The van der Waals surface area contributed by atoms with Crippen LogP contribution in [0.5, 0.6) is 5.75 Å². The number of thioether (sulfide) groups is 1. The topological polar surface area (TPSA) is 57.1 Å². The van der Waals surface area contributed by atoms with Crippen molar-refractivity contribution in [2.24, 2.45) is 10.9 Å². The molecule has 2 rings (SSSR count). The smallest absolute Gasteiger partial charge is 0.312 e. The summed E-state index contributed by atoms with van der Waals surface area (Å²) in [6.07, 6.45) is -0.129. The summed E-state index contributed by atoms with van der Waals surface area (Å²) in [5, 5.41) is 0.618. The lowest BCUT2D eigenvalue weighted by Gasteiger charge is -2.10. The van der Waals surface area contributed by atoms with E-state index in [4.69, 9.17) is 14.2 Å². The minimum absolute atomic E-state index is 0.129. The lowest BCUT2D eigenvalue weighted by Crippen LogP contribution is -2.13. The molecule has 0 spiro atoms. The summed E-state index contributed by atoms with van der Waals surface area (Å²) < 4.78 is 16.2. The summed E-state index contributed by atoms with van der Waals surface area (Å²) in [6, 6.07) is 7.40. The Labute approximate surface area is 141 Å². The number of hydrogen-bond acceptors (Lipinski definition) is 6. The maximum absolute atomic E-state index is 11.5. The van der Waals surface area contributed by atoms with E-state index in [2.05, 4.69) is 18.8 Å². The van der Waals surface area contributed by atoms with Gasteiger partial charge in [0.05, 0.1) is 19.6 Å². The van der Waals surface area contributed by atoms with E-state index in [-0.39, 0.29) is 18.1 Å². The fourth-order valence-electron chi connectivity index (χ4n) is 2.02. The highest BCUT2D eigenvalue weighted by Crippen LogP contribution is 2.25. The molecule has 1 heterocycles. The number of rotatable bonds is 6. The Hall–Kier alpha value is -1.53. The van der Waals surface area contributed by atoms with Gasteiger partial charge in [0.2, 0.25) is 0 Å². The Balaban J connectivity index is 1.91. The van der Waals surface area contributed by atoms with Gasteiger partial charge in [-0.1, -0.05) is 37.7 Å². The molecule has 0 saturated heterocycles. The van der Waals surface area contributed by atoms with Gasteiger partial charge in [-0.2, -0.15) is 0 Å². The quantitative estimate of drug-likeness (QED) is 0.744. The highest BCUT2D eigenvalue weighted by molar-refractivity contribution is 8.13. The van der Waals surface area contributed by atoms with Crippen molar-refractivity contribution in [2.45, 2.75) is 32.9 Å². The highest BCUT2D eigenvalue weighted by Gasteiger charge is 2.21. The van der Waals surface area contributed by atoms with Crippen molar-refractivity contribution >= 4 is 23.0 Å². The summed E-state index contributed by atoms with van der Waals surface area (Å²) in [6.45, 7) is 6.73. The molecule has 23 heavy (non-hydrogen) atoms. The Kier molecular flexibility index (Phi) is 6.47. The van der Waals surface area contributed by atoms with Gasteiger partial charge in [0.25, 0.3) is 5.23 Å². The molecule has 0 radical (unpaired) electrons. The lowest BCUT2D eigenvalue weighted by molar-refractivity contribution is -0.141. The summed E-state index contributed by atoms with van der Waals surface area (Å²) >= 11 is 1.54. The summed E-state index contributed by atoms with van der Waals surface area (Å²) in [5.41, 5.74) is 0.892. The lowest BCUT2D eigenvalue weighted by atomic mass is 10.0. The zero-order chi connectivity index (χ0) is 16.8. The van der Waals surface area contributed by atoms with E-state index in [0.717, 1.165) is 11.3 Å². The maximum atomic E-state index is 11.5.